The van der Waals surface area contributed by atoms with Crippen molar-refractivity contribution < 1.29 is 33.7 Å². The molecule has 2 fully saturated rings. The predicted molar refractivity (Wildman–Crippen MR) is 179 cm³/mol. The van der Waals surface area contributed by atoms with Crippen LogP contribution in [-0.2, 0) is 28.6 Å². The van der Waals surface area contributed by atoms with Crippen molar-refractivity contribution in [1.29, 1.82) is 0 Å². The molecule has 1 aliphatic heterocycles. The van der Waals surface area contributed by atoms with Gasteiger partial charge in [-0.15, -0.1) is 11.6 Å². The van der Waals surface area contributed by atoms with Crippen LogP contribution >= 0.6 is 11.6 Å². The van der Waals surface area contributed by atoms with Crippen LogP contribution in [-0.4, -0.2) is 46.9 Å². The first-order valence-electron chi connectivity index (χ1n) is 13.6. The number of carbonyl (C=O) groups is 3. The van der Waals surface area contributed by atoms with Crippen molar-refractivity contribution in [3.8, 4) is 0 Å². The summed E-state index contributed by atoms with van der Waals surface area (Å²) >= 11 is 6.89. The number of esters is 2. The zero-order valence-electron chi connectivity index (χ0n) is 23.2. The Morgan fingerprint density at radius 3 is 1.93 bits per heavy atom. The minimum atomic E-state index is -1.51. The number of alkyl halides is 1. The van der Waals surface area contributed by atoms with Crippen molar-refractivity contribution in [1.82, 2.24) is 0 Å². The summed E-state index contributed by atoms with van der Waals surface area (Å²) < 4.78 is 17.3. The summed E-state index contributed by atoms with van der Waals surface area (Å²) in [6.45, 7) is 13.6. The normalized spacial score (nSPS) is 24.5. The molecular formula is C34H71ClO7. The molecule has 8 heteroatoms. The van der Waals surface area contributed by atoms with E-state index >= 15 is 0 Å². The van der Waals surface area contributed by atoms with E-state index in [4.69, 9.17) is 25.8 Å². The summed E-state index contributed by atoms with van der Waals surface area (Å²) in [5.74, 6) is -1.14. The van der Waals surface area contributed by atoms with Crippen LogP contribution in [0, 0.1) is 28.6 Å². The molecule has 0 aromatic carbocycles. The quantitative estimate of drug-likeness (QED) is 0.180. The van der Waals surface area contributed by atoms with Gasteiger partial charge in [0.2, 0.25) is 6.29 Å². The average Bonchev–Trinajstić information content (AvgIpc) is 2.78. The highest BCUT2D eigenvalue weighted by Crippen LogP contribution is 2.46. The van der Waals surface area contributed by atoms with E-state index in [1.165, 1.54) is 0 Å². The summed E-state index contributed by atoms with van der Waals surface area (Å²) in [5.41, 5.74) is -2.54. The highest BCUT2D eigenvalue weighted by molar-refractivity contribution is 6.34. The lowest BCUT2D eigenvalue weighted by atomic mass is 9.68. The van der Waals surface area contributed by atoms with Gasteiger partial charge in [0.15, 0.2) is 0 Å². The van der Waals surface area contributed by atoms with Crippen LogP contribution in [0.4, 0.5) is 0 Å². The van der Waals surface area contributed by atoms with E-state index in [9.17, 15) is 19.5 Å². The molecule has 2 rings (SSSR count). The van der Waals surface area contributed by atoms with Gasteiger partial charge < -0.3 is 19.3 Å². The van der Waals surface area contributed by atoms with Gasteiger partial charge in [-0.2, -0.15) is 0 Å². The Labute approximate surface area is 266 Å². The maximum Gasteiger partial charge on any atom is 0.329 e. The Hall–Kier alpha value is -1.34. The van der Waals surface area contributed by atoms with Crippen LogP contribution in [0.5, 0.6) is 0 Å². The minimum Gasteiger partial charge on any atom is -0.481 e. The van der Waals surface area contributed by atoms with Crippen molar-refractivity contribution in [3.05, 3.63) is 0 Å². The van der Waals surface area contributed by atoms with Gasteiger partial charge in [0, 0.05) is 6.42 Å². The molecule has 256 valence electrons. The number of halogens is 1. The number of aliphatic carboxylic acids is 1. The fourth-order valence-electron chi connectivity index (χ4n) is 5.78. The van der Waals surface area contributed by atoms with E-state index in [-0.39, 0.29) is 75.8 Å². The lowest BCUT2D eigenvalue weighted by molar-refractivity contribution is -0.191. The van der Waals surface area contributed by atoms with Crippen LogP contribution in [0.25, 0.3) is 0 Å². The maximum atomic E-state index is 13.9. The average molecular weight is 627 g/mol. The number of carboxylic acid groups (broad SMARTS) is 1. The number of hydrogen-bond donors (Lipinski definition) is 1. The topological polar surface area (TPSA) is 99.1 Å². The smallest absolute Gasteiger partial charge is 0.329 e. The number of rotatable bonds is 11. The van der Waals surface area contributed by atoms with Crippen molar-refractivity contribution in [2.24, 2.45) is 28.6 Å². The van der Waals surface area contributed by atoms with Gasteiger partial charge in [-0.25, -0.2) is 0 Å². The minimum absolute atomic E-state index is 0. The molecule has 1 saturated carbocycles. The van der Waals surface area contributed by atoms with E-state index in [1.807, 2.05) is 0 Å². The van der Waals surface area contributed by atoms with Gasteiger partial charge >= 0.3 is 17.9 Å². The molecular weight excluding hydrogens is 556 g/mol. The molecule has 0 spiro atoms. The number of carboxylic acids is 1. The second kappa shape index (κ2) is 20.6. The fourth-order valence-corrected chi connectivity index (χ4v) is 6.12. The van der Waals surface area contributed by atoms with Gasteiger partial charge in [-0.1, -0.05) is 78.7 Å². The van der Waals surface area contributed by atoms with Crippen LogP contribution in [0.1, 0.15) is 151 Å². The predicted octanol–water partition coefficient (Wildman–Crippen LogP) is 10.2. The summed E-state index contributed by atoms with van der Waals surface area (Å²) in [6.07, 6.45) is 4.46. The van der Waals surface area contributed by atoms with Gasteiger partial charge in [-0.05, 0) is 83.5 Å². The third-order valence-corrected chi connectivity index (χ3v) is 8.65. The van der Waals surface area contributed by atoms with Crippen molar-refractivity contribution >= 4 is 29.5 Å². The van der Waals surface area contributed by atoms with Gasteiger partial charge in [0.05, 0.1) is 17.4 Å². The molecule has 6 unspecified atom stereocenters. The maximum absolute atomic E-state index is 13.9. The molecule has 2 aliphatic rings. The molecule has 42 heavy (non-hydrogen) atoms. The van der Waals surface area contributed by atoms with Crippen LogP contribution in [0.3, 0.4) is 0 Å². The molecule has 6 atom stereocenters. The zero-order valence-corrected chi connectivity index (χ0v) is 24.0. The van der Waals surface area contributed by atoms with E-state index in [0.717, 1.165) is 32.1 Å². The van der Waals surface area contributed by atoms with E-state index < -0.39 is 39.9 Å². The zero-order chi connectivity index (χ0) is 27.3. The van der Waals surface area contributed by atoms with Crippen LogP contribution in [0.2, 0.25) is 0 Å². The van der Waals surface area contributed by atoms with E-state index in [1.54, 1.807) is 27.7 Å². The first-order valence-corrected chi connectivity index (χ1v) is 14.0. The summed E-state index contributed by atoms with van der Waals surface area (Å²) in [7, 11) is 0. The number of hydrogen-bond acceptors (Lipinski definition) is 6. The molecule has 7 nitrogen and oxygen atoms in total. The largest absolute Gasteiger partial charge is 0.481 e. The van der Waals surface area contributed by atoms with Crippen molar-refractivity contribution in [3.63, 3.8) is 0 Å². The third-order valence-electron chi connectivity index (χ3n) is 8.10. The van der Waals surface area contributed by atoms with Gasteiger partial charge in [-0.3, -0.25) is 14.4 Å². The molecule has 0 bridgehead atoms. The lowest BCUT2D eigenvalue weighted by Gasteiger charge is -2.42. The molecule has 0 amide bonds. The summed E-state index contributed by atoms with van der Waals surface area (Å²) in [4.78, 5) is 37.6. The molecule has 0 aromatic heterocycles. The first kappa shape index (κ1) is 50.3. The van der Waals surface area contributed by atoms with Crippen molar-refractivity contribution in [2.75, 3.05) is 6.61 Å². The lowest BCUT2D eigenvalue weighted by Crippen LogP contribution is -2.48. The molecule has 1 N–H and O–H groups in total. The van der Waals surface area contributed by atoms with Crippen LogP contribution < -0.4 is 0 Å². The van der Waals surface area contributed by atoms with Crippen LogP contribution in [0.15, 0.2) is 0 Å². The first-order chi connectivity index (χ1) is 16.6. The Morgan fingerprint density at radius 1 is 0.905 bits per heavy atom. The monoisotopic (exact) mass is 626 g/mol. The number of ether oxygens (including phenoxy) is 3. The number of carbonyl (C=O) groups excluding carboxylic acids is 2. The summed E-state index contributed by atoms with van der Waals surface area (Å²) in [5, 5.41) is 9.85. The Morgan fingerprint density at radius 2 is 1.48 bits per heavy atom. The van der Waals surface area contributed by atoms with Gasteiger partial charge in [0.25, 0.3) is 0 Å². The molecule has 1 saturated heterocycles. The molecule has 0 aromatic rings. The SMILES string of the molecule is C.C.C.C.C.C.CCC(Cl)(CC(C)(CC(C)(C)C(=O)O)C(=O)OC1CC(C)CCC1C(C)C)C(=O)OC1CCCCO1. The Balaban J connectivity index is -0.000000761. The highest BCUT2D eigenvalue weighted by Gasteiger charge is 2.52. The Kier molecular flexibility index (Phi) is 24.7. The second-order valence-electron chi connectivity index (χ2n) is 12.4. The van der Waals surface area contributed by atoms with E-state index in [0.29, 0.717) is 24.9 Å². The molecule has 1 aliphatic carbocycles. The fraction of sp³-hybridized carbons (Fsp3) is 0.912. The van der Waals surface area contributed by atoms with Crippen molar-refractivity contribution in [2.45, 2.75) is 168 Å². The summed E-state index contributed by atoms with van der Waals surface area (Å²) in [6, 6.07) is 0. The molecule has 0 radical (unpaired) electrons. The van der Waals surface area contributed by atoms with E-state index in [2.05, 4.69) is 20.8 Å². The molecule has 1 heterocycles. The Bertz CT molecular complexity index is 778. The second-order valence-corrected chi connectivity index (χ2v) is 13.1. The third kappa shape index (κ3) is 13.1. The standard InChI is InChI=1S/C28H47ClO7.6CH4/c1-8-28(29,25(33)36-22-11-9-10-14-34-22)17-27(7,16-26(5,6)23(30)31)24(32)35-21-15-19(4)12-13-20(21)18(2)3;;;;;;/h18-22H,8-17H2,1-7H3,(H,30,31);6*1H4. The van der Waals surface area contributed by atoms with Gasteiger partial charge in [0.1, 0.15) is 11.0 Å². The highest BCUT2D eigenvalue weighted by atomic mass is 35.5.